The van der Waals surface area contributed by atoms with E-state index in [1.807, 2.05) is 49.4 Å². The van der Waals surface area contributed by atoms with Crippen molar-refractivity contribution in [3.05, 3.63) is 88.7 Å². The molecule has 0 aliphatic heterocycles. The molecule has 1 unspecified atom stereocenters. The van der Waals surface area contributed by atoms with Crippen LogP contribution in [0.1, 0.15) is 34.6 Å². The molecule has 132 valence electrons. The van der Waals surface area contributed by atoms with Crippen molar-refractivity contribution in [2.75, 3.05) is 5.32 Å². The Morgan fingerprint density at radius 2 is 1.81 bits per heavy atom. The molecule has 0 aliphatic rings. The summed E-state index contributed by atoms with van der Waals surface area (Å²) in [5, 5.41) is 6.73. The van der Waals surface area contributed by atoms with E-state index in [0.29, 0.717) is 23.2 Å². The second-order valence-electron chi connectivity index (χ2n) is 5.85. The zero-order chi connectivity index (χ0) is 18.4. The molecule has 0 aliphatic carbocycles. The van der Waals surface area contributed by atoms with Crippen LogP contribution in [0.15, 0.2) is 66.9 Å². The molecule has 2 aromatic carbocycles. The van der Waals surface area contributed by atoms with Crippen molar-refractivity contribution in [2.24, 2.45) is 0 Å². The summed E-state index contributed by atoms with van der Waals surface area (Å²) >= 11 is 5.86. The van der Waals surface area contributed by atoms with E-state index in [1.165, 1.54) is 0 Å². The molecule has 0 bridgehead atoms. The minimum atomic E-state index is -0.252. The van der Waals surface area contributed by atoms with Crippen LogP contribution in [0.2, 0.25) is 5.02 Å². The van der Waals surface area contributed by atoms with Gasteiger partial charge in [-0.25, -0.2) is 9.97 Å². The third-order valence-corrected chi connectivity index (χ3v) is 4.15. The van der Waals surface area contributed by atoms with Gasteiger partial charge in [-0.3, -0.25) is 4.79 Å². The van der Waals surface area contributed by atoms with E-state index < -0.39 is 0 Å². The molecule has 3 rings (SSSR count). The van der Waals surface area contributed by atoms with Crippen LogP contribution in [-0.2, 0) is 6.54 Å². The Labute approximate surface area is 157 Å². The van der Waals surface area contributed by atoms with Gasteiger partial charge in [-0.05, 0) is 36.2 Å². The maximum atomic E-state index is 12.3. The highest BCUT2D eigenvalue weighted by Crippen LogP contribution is 2.16. The third-order valence-electron chi connectivity index (χ3n) is 3.90. The molecular formula is C20H19ClN4O. The highest BCUT2D eigenvalue weighted by atomic mass is 35.5. The smallest absolute Gasteiger partial charge is 0.270 e. The maximum absolute atomic E-state index is 12.3. The number of amides is 1. The quantitative estimate of drug-likeness (QED) is 0.685. The van der Waals surface area contributed by atoms with Crippen molar-refractivity contribution < 1.29 is 4.79 Å². The summed E-state index contributed by atoms with van der Waals surface area (Å²) in [4.78, 5) is 20.8. The van der Waals surface area contributed by atoms with Crippen LogP contribution < -0.4 is 10.6 Å². The number of anilines is 1. The Morgan fingerprint density at radius 3 is 2.54 bits per heavy atom. The van der Waals surface area contributed by atoms with Gasteiger partial charge in [0.25, 0.3) is 5.91 Å². The molecule has 1 amide bonds. The maximum Gasteiger partial charge on any atom is 0.270 e. The summed E-state index contributed by atoms with van der Waals surface area (Å²) in [6, 6.07) is 18.9. The van der Waals surface area contributed by atoms with Crippen molar-refractivity contribution in [2.45, 2.75) is 19.5 Å². The van der Waals surface area contributed by atoms with Gasteiger partial charge in [-0.15, -0.1) is 0 Å². The highest BCUT2D eigenvalue weighted by Gasteiger charge is 2.11. The third kappa shape index (κ3) is 4.80. The lowest BCUT2D eigenvalue weighted by atomic mass is 10.1. The van der Waals surface area contributed by atoms with Crippen molar-refractivity contribution in [1.82, 2.24) is 15.3 Å². The Balaban J connectivity index is 1.62. The number of aromatic nitrogens is 2. The second-order valence-corrected chi connectivity index (χ2v) is 6.29. The largest absolute Gasteiger partial charge is 0.348 e. The van der Waals surface area contributed by atoms with Crippen LogP contribution in [0.25, 0.3) is 0 Å². The Kier molecular flexibility index (Phi) is 5.81. The van der Waals surface area contributed by atoms with Crippen LogP contribution in [0.3, 0.4) is 0 Å². The summed E-state index contributed by atoms with van der Waals surface area (Å²) in [5.41, 5.74) is 2.40. The summed E-state index contributed by atoms with van der Waals surface area (Å²) in [6.07, 6.45) is 1.57. The lowest BCUT2D eigenvalue weighted by molar-refractivity contribution is 0.0946. The highest BCUT2D eigenvalue weighted by molar-refractivity contribution is 6.30. The zero-order valence-corrected chi connectivity index (χ0v) is 15.1. The van der Waals surface area contributed by atoms with Crippen molar-refractivity contribution in [1.29, 1.82) is 0 Å². The average molecular weight is 367 g/mol. The number of nitrogens with one attached hydrogen (secondary N) is 2. The Bertz CT molecular complexity index is 868. The molecule has 0 saturated carbocycles. The van der Waals surface area contributed by atoms with Crippen LogP contribution in [0, 0.1) is 0 Å². The molecule has 1 aromatic heterocycles. The molecule has 5 nitrogen and oxygen atoms in total. The van der Waals surface area contributed by atoms with E-state index in [9.17, 15) is 4.79 Å². The molecule has 0 radical (unpaired) electrons. The number of nitrogens with zero attached hydrogens (tertiary/aromatic N) is 2. The summed E-state index contributed by atoms with van der Waals surface area (Å²) in [7, 11) is 0. The topological polar surface area (TPSA) is 66.9 Å². The van der Waals surface area contributed by atoms with E-state index in [1.54, 1.807) is 24.4 Å². The first-order chi connectivity index (χ1) is 12.6. The molecular weight excluding hydrogens is 348 g/mol. The minimum Gasteiger partial charge on any atom is -0.348 e. The van der Waals surface area contributed by atoms with Gasteiger partial charge < -0.3 is 10.6 Å². The van der Waals surface area contributed by atoms with Gasteiger partial charge in [0, 0.05) is 17.8 Å². The van der Waals surface area contributed by atoms with Gasteiger partial charge in [0.15, 0.2) is 0 Å². The zero-order valence-electron chi connectivity index (χ0n) is 14.3. The first kappa shape index (κ1) is 17.9. The Hall–Kier alpha value is -2.92. The van der Waals surface area contributed by atoms with E-state index in [-0.39, 0.29) is 11.9 Å². The number of hydrogen-bond acceptors (Lipinski definition) is 4. The van der Waals surface area contributed by atoms with Crippen molar-refractivity contribution >= 4 is 23.5 Å². The number of rotatable bonds is 6. The normalized spacial score (nSPS) is 11.6. The number of carbonyl (C=O) groups excluding carboxylic acids is 1. The fourth-order valence-electron chi connectivity index (χ4n) is 2.45. The molecule has 1 atom stereocenters. The van der Waals surface area contributed by atoms with Crippen molar-refractivity contribution in [3.8, 4) is 0 Å². The number of benzene rings is 2. The van der Waals surface area contributed by atoms with Gasteiger partial charge in [0.05, 0.1) is 6.04 Å². The van der Waals surface area contributed by atoms with Gasteiger partial charge in [0.2, 0.25) is 5.95 Å². The second kappa shape index (κ2) is 8.45. The monoisotopic (exact) mass is 366 g/mol. The SMILES string of the molecule is CC(Nc1nccc(C(=O)NCc2ccc(Cl)cc2)n1)c1ccccc1. The molecule has 1 heterocycles. The molecule has 2 N–H and O–H groups in total. The van der Waals surface area contributed by atoms with Crippen LogP contribution in [0.5, 0.6) is 0 Å². The molecule has 6 heteroatoms. The van der Waals surface area contributed by atoms with E-state index >= 15 is 0 Å². The van der Waals surface area contributed by atoms with E-state index in [2.05, 4.69) is 20.6 Å². The predicted molar refractivity (Wildman–Crippen MR) is 103 cm³/mol. The van der Waals surface area contributed by atoms with Crippen LogP contribution in [-0.4, -0.2) is 15.9 Å². The van der Waals surface area contributed by atoms with Gasteiger partial charge in [-0.2, -0.15) is 0 Å². The first-order valence-electron chi connectivity index (χ1n) is 8.29. The number of halogens is 1. The first-order valence-corrected chi connectivity index (χ1v) is 8.67. The predicted octanol–water partition coefficient (Wildman–Crippen LogP) is 4.23. The molecule has 3 aromatic rings. The average Bonchev–Trinajstić information content (AvgIpc) is 2.68. The number of hydrogen-bond donors (Lipinski definition) is 2. The fraction of sp³-hybridized carbons (Fsp3) is 0.150. The fourth-order valence-corrected chi connectivity index (χ4v) is 2.57. The van der Waals surface area contributed by atoms with Crippen LogP contribution in [0.4, 0.5) is 5.95 Å². The van der Waals surface area contributed by atoms with E-state index in [0.717, 1.165) is 11.1 Å². The molecule has 0 saturated heterocycles. The van der Waals surface area contributed by atoms with E-state index in [4.69, 9.17) is 11.6 Å². The molecule has 0 spiro atoms. The molecule has 26 heavy (non-hydrogen) atoms. The lowest BCUT2D eigenvalue weighted by Gasteiger charge is -2.14. The van der Waals surface area contributed by atoms with Crippen molar-refractivity contribution in [3.63, 3.8) is 0 Å². The standard InChI is InChI=1S/C20H19ClN4O/c1-14(16-5-3-2-4-6-16)24-20-22-12-11-18(25-20)19(26)23-13-15-7-9-17(21)10-8-15/h2-12,14H,13H2,1H3,(H,23,26)(H,22,24,25). The summed E-state index contributed by atoms with van der Waals surface area (Å²) in [5.74, 6) is 0.165. The summed E-state index contributed by atoms with van der Waals surface area (Å²) < 4.78 is 0. The van der Waals surface area contributed by atoms with Crippen LogP contribution >= 0.6 is 11.6 Å². The van der Waals surface area contributed by atoms with Gasteiger partial charge >= 0.3 is 0 Å². The Morgan fingerprint density at radius 1 is 1.08 bits per heavy atom. The van der Waals surface area contributed by atoms with Gasteiger partial charge in [-0.1, -0.05) is 54.1 Å². The number of carbonyl (C=O) groups is 1. The summed E-state index contributed by atoms with van der Waals surface area (Å²) in [6.45, 7) is 2.43. The lowest BCUT2D eigenvalue weighted by Crippen LogP contribution is -2.24. The van der Waals surface area contributed by atoms with Gasteiger partial charge in [0.1, 0.15) is 5.69 Å². The molecule has 0 fully saturated rings. The minimum absolute atomic E-state index is 0.0311.